The minimum absolute atomic E-state index is 0.0793. The first-order valence-corrected chi connectivity index (χ1v) is 9.75. The fourth-order valence-electron chi connectivity index (χ4n) is 3.89. The lowest BCUT2D eigenvalue weighted by Crippen LogP contribution is -2.45. The van der Waals surface area contributed by atoms with Crippen molar-refractivity contribution in [1.29, 1.82) is 0 Å². The lowest BCUT2D eigenvalue weighted by Gasteiger charge is -2.36. The molecule has 0 bridgehead atoms. The van der Waals surface area contributed by atoms with Crippen molar-refractivity contribution in [1.82, 2.24) is 24.2 Å². The molecule has 1 amide bonds. The van der Waals surface area contributed by atoms with E-state index in [-0.39, 0.29) is 19.0 Å². The summed E-state index contributed by atoms with van der Waals surface area (Å²) in [4.78, 5) is 18.6. The first kappa shape index (κ1) is 21.1. The Kier molecular flexibility index (Phi) is 4.92. The van der Waals surface area contributed by atoms with Gasteiger partial charge in [0.1, 0.15) is 5.69 Å². The summed E-state index contributed by atoms with van der Waals surface area (Å²) in [5.74, 6) is -0.748. The van der Waals surface area contributed by atoms with E-state index in [1.54, 1.807) is 24.9 Å². The average Bonchev–Trinajstić information content (AvgIpc) is 3.31. The second-order valence-electron chi connectivity index (χ2n) is 7.95. The van der Waals surface area contributed by atoms with Crippen LogP contribution in [-0.4, -0.2) is 48.0 Å². The molecule has 0 fully saturated rings. The maximum Gasteiger partial charge on any atom is 0.424 e. The number of carbonyl (C=O) groups is 1. The van der Waals surface area contributed by atoms with Crippen LogP contribution in [0.1, 0.15) is 41.9 Å². The van der Waals surface area contributed by atoms with Crippen molar-refractivity contribution in [3.63, 3.8) is 0 Å². The van der Waals surface area contributed by atoms with E-state index in [0.717, 1.165) is 5.56 Å². The molecule has 1 aliphatic rings. The third-order valence-electron chi connectivity index (χ3n) is 5.59. The Morgan fingerprint density at radius 3 is 2.55 bits per heavy atom. The molecular weight excluding hydrogens is 411 g/mol. The summed E-state index contributed by atoms with van der Waals surface area (Å²) in [5, 5.41) is 14.5. The summed E-state index contributed by atoms with van der Waals surface area (Å²) in [6, 6.07) is 10.6. The van der Waals surface area contributed by atoms with Crippen LogP contribution in [0.4, 0.5) is 13.2 Å². The maximum absolute atomic E-state index is 13.3. The first-order chi connectivity index (χ1) is 14.5. The number of halogens is 3. The molecule has 164 valence electrons. The van der Waals surface area contributed by atoms with Crippen molar-refractivity contribution in [3.05, 3.63) is 59.8 Å². The predicted molar refractivity (Wildman–Crippen MR) is 106 cm³/mol. The molecule has 1 N–H and O–H groups in total. The summed E-state index contributed by atoms with van der Waals surface area (Å²) in [5.41, 5.74) is -0.747. The number of rotatable bonds is 3. The van der Waals surface area contributed by atoms with Crippen molar-refractivity contribution >= 4 is 5.91 Å². The van der Waals surface area contributed by atoms with E-state index >= 15 is 0 Å². The highest BCUT2D eigenvalue weighted by atomic mass is 19.4. The number of fused-ring (bicyclic) bond motifs is 1. The summed E-state index contributed by atoms with van der Waals surface area (Å²) >= 11 is 0. The second kappa shape index (κ2) is 7.23. The van der Waals surface area contributed by atoms with Crippen molar-refractivity contribution in [2.75, 3.05) is 6.54 Å². The number of benzene rings is 1. The first-order valence-electron chi connectivity index (χ1n) is 9.75. The Labute approximate surface area is 176 Å². The van der Waals surface area contributed by atoms with Crippen LogP contribution < -0.4 is 0 Å². The van der Waals surface area contributed by atoms with E-state index in [2.05, 4.69) is 10.1 Å². The minimum Gasteiger partial charge on any atom is -0.374 e. The Hall–Kier alpha value is -3.14. The van der Waals surface area contributed by atoms with Gasteiger partial charge in [-0.15, -0.1) is 0 Å². The number of carbonyl (C=O) groups excluding carboxylic acids is 1. The molecular formula is C21H22F3N5O2. The Bertz CT molecular complexity index is 1120. The average molecular weight is 433 g/mol. The van der Waals surface area contributed by atoms with E-state index in [0.29, 0.717) is 24.0 Å². The fourth-order valence-corrected chi connectivity index (χ4v) is 3.89. The zero-order chi connectivity index (χ0) is 22.6. The molecule has 7 nitrogen and oxygen atoms in total. The summed E-state index contributed by atoms with van der Waals surface area (Å²) < 4.78 is 42.9. The Balaban J connectivity index is 1.62. The molecule has 0 aliphatic carbocycles. The molecule has 0 radical (unpaired) electrons. The number of aliphatic hydroxyl groups is 1. The predicted octanol–water partition coefficient (Wildman–Crippen LogP) is 3.27. The highest BCUT2D eigenvalue weighted by molar-refractivity contribution is 5.93. The van der Waals surface area contributed by atoms with Gasteiger partial charge in [-0.2, -0.15) is 18.3 Å². The molecule has 0 saturated heterocycles. The van der Waals surface area contributed by atoms with Gasteiger partial charge < -0.3 is 14.6 Å². The topological polar surface area (TPSA) is 76.2 Å². The van der Waals surface area contributed by atoms with Gasteiger partial charge in [0.15, 0.2) is 5.82 Å². The Morgan fingerprint density at radius 2 is 1.90 bits per heavy atom. The second-order valence-corrected chi connectivity index (χ2v) is 7.95. The van der Waals surface area contributed by atoms with Gasteiger partial charge in [-0.25, -0.2) is 4.98 Å². The third-order valence-corrected chi connectivity index (χ3v) is 5.59. The molecule has 3 aromatic rings. The van der Waals surface area contributed by atoms with Crippen LogP contribution in [0.15, 0.2) is 42.6 Å². The lowest BCUT2D eigenvalue weighted by molar-refractivity contribution is -0.263. The number of nitrogens with zero attached hydrogens (tertiary/aromatic N) is 5. The van der Waals surface area contributed by atoms with E-state index in [9.17, 15) is 23.1 Å². The number of amides is 1. The number of imidazole rings is 1. The standard InChI is InChI=1S/C21H22F3N5O2/c1-13-11-28(12-15-10-25-19(29(13)15)20(2,31)21(22,23)24)18(30)17-9-16(26-27(17)3)14-7-5-4-6-8-14/h4-10,13,31H,11-12H2,1-3H3/t13-,20?/m0/s1. The summed E-state index contributed by atoms with van der Waals surface area (Å²) in [6.45, 7) is 2.64. The minimum atomic E-state index is -4.87. The van der Waals surface area contributed by atoms with Gasteiger partial charge in [-0.1, -0.05) is 30.3 Å². The van der Waals surface area contributed by atoms with Gasteiger partial charge in [0.25, 0.3) is 5.91 Å². The van der Waals surface area contributed by atoms with Gasteiger partial charge in [0, 0.05) is 19.2 Å². The number of hydrogen-bond acceptors (Lipinski definition) is 4. The van der Waals surface area contributed by atoms with Crippen LogP contribution >= 0.6 is 0 Å². The largest absolute Gasteiger partial charge is 0.424 e. The van der Waals surface area contributed by atoms with Crippen molar-refractivity contribution in [3.8, 4) is 11.3 Å². The number of hydrogen-bond donors (Lipinski definition) is 1. The zero-order valence-electron chi connectivity index (χ0n) is 17.3. The smallest absolute Gasteiger partial charge is 0.374 e. The number of alkyl halides is 3. The third kappa shape index (κ3) is 3.50. The fraction of sp³-hybridized carbons (Fsp3) is 0.381. The Morgan fingerprint density at radius 1 is 1.23 bits per heavy atom. The van der Waals surface area contributed by atoms with E-state index in [4.69, 9.17) is 0 Å². The van der Waals surface area contributed by atoms with Gasteiger partial charge in [0.2, 0.25) is 5.60 Å². The highest BCUT2D eigenvalue weighted by Gasteiger charge is 2.55. The van der Waals surface area contributed by atoms with Crippen LogP contribution in [0.3, 0.4) is 0 Å². The summed E-state index contributed by atoms with van der Waals surface area (Å²) in [7, 11) is 1.68. The maximum atomic E-state index is 13.3. The quantitative estimate of drug-likeness (QED) is 0.688. The van der Waals surface area contributed by atoms with Gasteiger partial charge in [-0.05, 0) is 19.9 Å². The zero-order valence-corrected chi connectivity index (χ0v) is 17.3. The van der Waals surface area contributed by atoms with Crippen LogP contribution in [0.2, 0.25) is 0 Å². The molecule has 1 aliphatic heterocycles. The molecule has 10 heteroatoms. The van der Waals surface area contributed by atoms with Crippen molar-refractivity contribution in [2.24, 2.45) is 7.05 Å². The summed E-state index contributed by atoms with van der Waals surface area (Å²) in [6.07, 6.45) is -3.59. The molecule has 0 spiro atoms. The van der Waals surface area contributed by atoms with Crippen LogP contribution in [0.25, 0.3) is 11.3 Å². The van der Waals surface area contributed by atoms with Crippen LogP contribution in [-0.2, 0) is 19.2 Å². The highest BCUT2D eigenvalue weighted by Crippen LogP contribution is 2.40. The molecule has 2 aromatic heterocycles. The van der Waals surface area contributed by atoms with Crippen LogP contribution in [0.5, 0.6) is 0 Å². The van der Waals surface area contributed by atoms with E-state index in [1.807, 2.05) is 30.3 Å². The monoisotopic (exact) mass is 433 g/mol. The van der Waals surface area contributed by atoms with Gasteiger partial charge in [0.05, 0.1) is 30.2 Å². The number of aryl methyl sites for hydroxylation is 1. The van der Waals surface area contributed by atoms with Crippen LogP contribution in [0, 0.1) is 0 Å². The molecule has 2 atom stereocenters. The van der Waals surface area contributed by atoms with E-state index in [1.165, 1.54) is 15.4 Å². The van der Waals surface area contributed by atoms with Gasteiger partial charge in [-0.3, -0.25) is 9.48 Å². The molecule has 4 rings (SSSR count). The SMILES string of the molecule is C[C@H]1CN(C(=O)c2cc(-c3ccccc3)nn2C)Cc2cnc(C(C)(O)C(F)(F)F)n21. The lowest BCUT2D eigenvalue weighted by atomic mass is 10.0. The molecule has 31 heavy (non-hydrogen) atoms. The van der Waals surface area contributed by atoms with Gasteiger partial charge >= 0.3 is 6.18 Å². The normalized spacial score (nSPS) is 18.5. The molecule has 1 aromatic carbocycles. The number of aromatic nitrogens is 4. The molecule has 1 unspecified atom stereocenters. The molecule has 0 saturated carbocycles. The van der Waals surface area contributed by atoms with Crippen molar-refractivity contribution < 1.29 is 23.1 Å². The van der Waals surface area contributed by atoms with E-state index < -0.39 is 23.6 Å². The van der Waals surface area contributed by atoms with Crippen molar-refractivity contribution in [2.45, 2.75) is 38.2 Å². The molecule has 3 heterocycles.